The van der Waals surface area contributed by atoms with Gasteiger partial charge in [0.1, 0.15) is 0 Å². The lowest BCUT2D eigenvalue weighted by molar-refractivity contribution is -0.140. The molecule has 0 radical (unpaired) electrons. The van der Waals surface area contributed by atoms with E-state index in [0.29, 0.717) is 6.42 Å². The molecule has 0 aliphatic heterocycles. The van der Waals surface area contributed by atoms with Crippen molar-refractivity contribution in [3.63, 3.8) is 0 Å². The molecule has 2 amide bonds. The van der Waals surface area contributed by atoms with Crippen LogP contribution in [0.25, 0.3) is 0 Å². The molecule has 0 unspecified atom stereocenters. The highest BCUT2D eigenvalue weighted by Gasteiger charge is 2.48. The number of carbonyl (C=O) groups is 3. The normalized spacial score (nSPS) is 24.9. The average Bonchev–Trinajstić information content (AvgIpc) is 2.78. The van der Waals surface area contributed by atoms with Gasteiger partial charge < -0.3 is 16.2 Å². The largest absolute Gasteiger partial charge is 0.481 e. The molecule has 2 atom stereocenters. The molecule has 72 valence electrons. The predicted molar refractivity (Wildman–Crippen MR) is 41.4 cm³/mol. The van der Waals surface area contributed by atoms with Crippen LogP contribution in [0, 0.1) is 11.8 Å². The molecule has 1 rings (SSSR count). The Labute approximate surface area is 74.1 Å². The van der Waals surface area contributed by atoms with E-state index in [-0.39, 0.29) is 6.54 Å². The summed E-state index contributed by atoms with van der Waals surface area (Å²) in [6, 6.07) is 0. The first-order valence-electron chi connectivity index (χ1n) is 3.81. The van der Waals surface area contributed by atoms with Gasteiger partial charge in [0.25, 0.3) is 0 Å². The van der Waals surface area contributed by atoms with Crippen LogP contribution < -0.4 is 11.1 Å². The topological polar surface area (TPSA) is 109 Å². The summed E-state index contributed by atoms with van der Waals surface area (Å²) >= 11 is 0. The summed E-state index contributed by atoms with van der Waals surface area (Å²) in [5.74, 6) is -3.10. The summed E-state index contributed by atoms with van der Waals surface area (Å²) < 4.78 is 0. The van der Waals surface area contributed by atoms with Crippen LogP contribution in [-0.4, -0.2) is 29.4 Å². The number of rotatable bonds is 4. The van der Waals surface area contributed by atoms with E-state index in [9.17, 15) is 14.4 Å². The van der Waals surface area contributed by atoms with Crippen LogP contribution in [0.2, 0.25) is 0 Å². The minimum Gasteiger partial charge on any atom is -0.481 e. The lowest BCUT2D eigenvalue weighted by Crippen LogP contribution is -2.34. The van der Waals surface area contributed by atoms with Crippen LogP contribution in [0.15, 0.2) is 0 Å². The molecule has 0 aromatic carbocycles. The molecule has 0 aromatic heterocycles. The van der Waals surface area contributed by atoms with Crippen molar-refractivity contribution in [2.45, 2.75) is 6.42 Å². The van der Waals surface area contributed by atoms with Crippen molar-refractivity contribution in [2.24, 2.45) is 17.6 Å². The van der Waals surface area contributed by atoms with Gasteiger partial charge in [0.05, 0.1) is 18.4 Å². The highest BCUT2D eigenvalue weighted by Crippen LogP contribution is 2.38. The van der Waals surface area contributed by atoms with Gasteiger partial charge in [-0.2, -0.15) is 0 Å². The van der Waals surface area contributed by atoms with Crippen molar-refractivity contribution in [2.75, 3.05) is 6.54 Å². The van der Waals surface area contributed by atoms with Gasteiger partial charge in [-0.15, -0.1) is 0 Å². The van der Waals surface area contributed by atoms with Crippen LogP contribution in [-0.2, 0) is 14.4 Å². The zero-order chi connectivity index (χ0) is 10.0. The van der Waals surface area contributed by atoms with Crippen molar-refractivity contribution >= 4 is 17.8 Å². The molecule has 0 spiro atoms. The highest BCUT2D eigenvalue weighted by atomic mass is 16.4. The van der Waals surface area contributed by atoms with Crippen LogP contribution in [0.4, 0.5) is 0 Å². The Hall–Kier alpha value is -1.59. The van der Waals surface area contributed by atoms with Crippen LogP contribution in [0.3, 0.4) is 0 Å². The maximum Gasteiger partial charge on any atom is 0.307 e. The number of aliphatic carboxylic acids is 1. The van der Waals surface area contributed by atoms with Gasteiger partial charge in [-0.25, -0.2) is 0 Å². The summed E-state index contributed by atoms with van der Waals surface area (Å²) in [6.45, 7) is -0.234. The number of hydrogen-bond donors (Lipinski definition) is 3. The molecule has 1 fully saturated rings. The Morgan fingerprint density at radius 2 is 2.00 bits per heavy atom. The van der Waals surface area contributed by atoms with Crippen molar-refractivity contribution < 1.29 is 19.5 Å². The third-order valence-electron chi connectivity index (χ3n) is 1.88. The quantitative estimate of drug-likeness (QED) is 0.486. The molecule has 0 saturated heterocycles. The Kier molecular flexibility index (Phi) is 2.50. The van der Waals surface area contributed by atoms with Gasteiger partial charge in [0.15, 0.2) is 0 Å². The smallest absolute Gasteiger partial charge is 0.307 e. The summed E-state index contributed by atoms with van der Waals surface area (Å²) in [4.78, 5) is 31.6. The van der Waals surface area contributed by atoms with E-state index < -0.39 is 29.6 Å². The number of nitrogens with two attached hydrogens (primary N) is 1. The second-order valence-corrected chi connectivity index (χ2v) is 2.97. The van der Waals surface area contributed by atoms with Gasteiger partial charge in [-0.1, -0.05) is 0 Å². The number of amides is 2. The first-order valence-corrected chi connectivity index (χ1v) is 3.81. The van der Waals surface area contributed by atoms with E-state index in [1.807, 2.05) is 0 Å². The molecule has 0 bridgehead atoms. The van der Waals surface area contributed by atoms with E-state index >= 15 is 0 Å². The predicted octanol–water partition coefficient (Wildman–Crippen LogP) is -1.69. The van der Waals surface area contributed by atoms with Crippen molar-refractivity contribution in [3.8, 4) is 0 Å². The van der Waals surface area contributed by atoms with Gasteiger partial charge in [0.2, 0.25) is 11.8 Å². The molecule has 1 saturated carbocycles. The number of primary amides is 1. The molecular formula is C7H10N2O4. The van der Waals surface area contributed by atoms with Crippen LogP contribution in [0.5, 0.6) is 0 Å². The number of nitrogens with one attached hydrogen (secondary N) is 1. The lowest BCUT2D eigenvalue weighted by Gasteiger charge is -1.99. The zero-order valence-corrected chi connectivity index (χ0v) is 6.82. The Morgan fingerprint density at radius 3 is 2.38 bits per heavy atom. The minimum atomic E-state index is -0.973. The van der Waals surface area contributed by atoms with Crippen LogP contribution >= 0.6 is 0 Å². The third-order valence-corrected chi connectivity index (χ3v) is 1.88. The average molecular weight is 186 g/mol. The second-order valence-electron chi connectivity index (χ2n) is 2.97. The molecular weight excluding hydrogens is 176 g/mol. The molecule has 6 heteroatoms. The SMILES string of the molecule is NC(=O)CNC(=O)[C@@H]1C[C@@H]1C(=O)O. The van der Waals surface area contributed by atoms with Gasteiger partial charge in [-0.05, 0) is 6.42 Å². The van der Waals surface area contributed by atoms with Crippen molar-refractivity contribution in [1.29, 1.82) is 0 Å². The fourth-order valence-electron chi connectivity index (χ4n) is 1.06. The molecule has 6 nitrogen and oxygen atoms in total. The minimum absolute atomic E-state index is 0.234. The summed E-state index contributed by atoms with van der Waals surface area (Å²) in [7, 11) is 0. The number of carbonyl (C=O) groups excluding carboxylic acids is 2. The fourth-order valence-corrected chi connectivity index (χ4v) is 1.06. The summed E-state index contributed by atoms with van der Waals surface area (Å²) in [5, 5.41) is 10.7. The fraction of sp³-hybridized carbons (Fsp3) is 0.571. The summed E-state index contributed by atoms with van der Waals surface area (Å²) in [5.41, 5.74) is 4.79. The maximum atomic E-state index is 11.0. The van der Waals surface area contributed by atoms with Gasteiger partial charge in [0, 0.05) is 0 Å². The molecule has 1 aliphatic carbocycles. The number of carboxylic acid groups (broad SMARTS) is 1. The first kappa shape index (κ1) is 9.50. The van der Waals surface area contributed by atoms with E-state index in [4.69, 9.17) is 10.8 Å². The highest BCUT2D eigenvalue weighted by molar-refractivity contribution is 5.91. The molecule has 1 aliphatic rings. The third kappa shape index (κ3) is 2.43. The van der Waals surface area contributed by atoms with E-state index in [1.54, 1.807) is 0 Å². The van der Waals surface area contributed by atoms with Crippen molar-refractivity contribution in [1.82, 2.24) is 5.32 Å². The molecule has 0 heterocycles. The Morgan fingerprint density at radius 1 is 1.38 bits per heavy atom. The Balaban J connectivity index is 2.27. The zero-order valence-electron chi connectivity index (χ0n) is 6.82. The summed E-state index contributed by atoms with van der Waals surface area (Å²) in [6.07, 6.45) is 0.347. The van der Waals surface area contributed by atoms with Gasteiger partial charge >= 0.3 is 5.97 Å². The number of hydrogen-bond acceptors (Lipinski definition) is 3. The molecule has 0 aromatic rings. The standard InChI is InChI=1S/C7H10N2O4/c8-5(10)2-9-6(11)3-1-4(3)7(12)13/h3-4H,1-2H2,(H2,8,10)(H,9,11)(H,12,13)/t3-,4+/m1/s1. The lowest BCUT2D eigenvalue weighted by atomic mass is 10.3. The Bertz CT molecular complexity index is 263. The molecule has 13 heavy (non-hydrogen) atoms. The second kappa shape index (κ2) is 3.42. The van der Waals surface area contributed by atoms with Crippen molar-refractivity contribution in [3.05, 3.63) is 0 Å². The van der Waals surface area contributed by atoms with Gasteiger partial charge in [-0.3, -0.25) is 14.4 Å². The van der Waals surface area contributed by atoms with E-state index in [0.717, 1.165) is 0 Å². The van der Waals surface area contributed by atoms with Crippen LogP contribution in [0.1, 0.15) is 6.42 Å². The van der Waals surface area contributed by atoms with E-state index in [2.05, 4.69) is 5.32 Å². The molecule has 4 N–H and O–H groups in total. The van der Waals surface area contributed by atoms with E-state index in [1.165, 1.54) is 0 Å². The number of carboxylic acids is 1. The first-order chi connectivity index (χ1) is 6.02. The monoisotopic (exact) mass is 186 g/mol. The maximum absolute atomic E-state index is 11.0.